The average Bonchev–Trinajstić information content (AvgIpc) is 3.06. The summed E-state index contributed by atoms with van der Waals surface area (Å²) in [7, 11) is 2.71. The Kier molecular flexibility index (Phi) is 6.95. The van der Waals surface area contributed by atoms with Gasteiger partial charge >= 0.3 is 11.9 Å². The first-order valence-corrected chi connectivity index (χ1v) is 7.03. The Morgan fingerprint density at radius 2 is 1.15 bits per heavy atom. The third-order valence-electron chi connectivity index (χ3n) is 3.97. The molecule has 0 bridgehead atoms. The van der Waals surface area contributed by atoms with E-state index in [4.69, 9.17) is 0 Å². The van der Waals surface area contributed by atoms with Gasteiger partial charge in [0.1, 0.15) is 0 Å². The second kappa shape index (κ2) is 8.21. The maximum atomic E-state index is 10.8. The lowest BCUT2D eigenvalue weighted by atomic mass is 10.1. The van der Waals surface area contributed by atoms with Crippen molar-refractivity contribution in [2.45, 2.75) is 50.7 Å². The highest BCUT2D eigenvalue weighted by Gasteiger charge is 2.32. The van der Waals surface area contributed by atoms with E-state index in [1.54, 1.807) is 0 Å². The van der Waals surface area contributed by atoms with Gasteiger partial charge in [-0.3, -0.25) is 9.59 Å². The minimum absolute atomic E-state index is 0.259. The van der Waals surface area contributed by atoms with Gasteiger partial charge in [0.05, 0.1) is 38.3 Å². The maximum absolute atomic E-state index is 10.8. The number of rotatable bonds is 2. The first-order chi connectivity index (χ1) is 9.51. The van der Waals surface area contributed by atoms with Crippen molar-refractivity contribution in [2.24, 2.45) is 11.8 Å². The topological polar surface area (TPSA) is 93.1 Å². The minimum Gasteiger partial charge on any atom is -0.469 e. The highest BCUT2D eigenvalue weighted by Crippen LogP contribution is 2.26. The molecule has 0 aliphatic heterocycles. The lowest BCUT2D eigenvalue weighted by Gasteiger charge is -2.10. The highest BCUT2D eigenvalue weighted by molar-refractivity contribution is 5.73. The molecule has 0 heterocycles. The molecule has 0 aromatic heterocycles. The number of aliphatic hydroxyl groups is 2. The molecule has 20 heavy (non-hydrogen) atoms. The van der Waals surface area contributed by atoms with Crippen molar-refractivity contribution in [2.75, 3.05) is 14.2 Å². The van der Waals surface area contributed by atoms with Gasteiger partial charge in [0.25, 0.3) is 0 Å². The summed E-state index contributed by atoms with van der Waals surface area (Å²) in [6, 6.07) is 0. The van der Waals surface area contributed by atoms with E-state index in [2.05, 4.69) is 9.47 Å². The van der Waals surface area contributed by atoms with Crippen LogP contribution in [-0.4, -0.2) is 48.6 Å². The average molecular weight is 288 g/mol. The third kappa shape index (κ3) is 4.45. The molecule has 0 amide bonds. The van der Waals surface area contributed by atoms with Crippen LogP contribution in [0.25, 0.3) is 0 Å². The Balaban J connectivity index is 0.000000200. The Labute approximate surface area is 119 Å². The first kappa shape index (κ1) is 16.9. The molecule has 2 saturated carbocycles. The molecule has 0 unspecified atom stereocenters. The fourth-order valence-corrected chi connectivity index (χ4v) is 2.73. The Hall–Kier alpha value is -1.14. The summed E-state index contributed by atoms with van der Waals surface area (Å²) in [6.07, 6.45) is 3.95. The lowest BCUT2D eigenvalue weighted by molar-refractivity contribution is -0.149. The fraction of sp³-hybridized carbons (Fsp3) is 0.857. The number of hydrogen-bond donors (Lipinski definition) is 2. The predicted octanol–water partition coefficient (Wildman–Crippen LogP) is 0.641. The van der Waals surface area contributed by atoms with Crippen LogP contribution < -0.4 is 0 Å². The SMILES string of the molecule is COC(=O)[C@@H]1CCC[C@H]1O.COC(=O)[C@H]1CCC[C@@H]1O. The van der Waals surface area contributed by atoms with E-state index < -0.39 is 12.2 Å². The summed E-state index contributed by atoms with van der Waals surface area (Å²) >= 11 is 0. The summed E-state index contributed by atoms with van der Waals surface area (Å²) in [5.41, 5.74) is 0. The van der Waals surface area contributed by atoms with Crippen LogP contribution in [0.4, 0.5) is 0 Å². The van der Waals surface area contributed by atoms with Gasteiger partial charge < -0.3 is 19.7 Å². The predicted molar refractivity (Wildman–Crippen MR) is 70.7 cm³/mol. The van der Waals surface area contributed by atoms with Gasteiger partial charge in [0.15, 0.2) is 0 Å². The Morgan fingerprint density at radius 3 is 1.35 bits per heavy atom. The van der Waals surface area contributed by atoms with Gasteiger partial charge in [-0.25, -0.2) is 0 Å². The molecule has 2 rings (SSSR count). The zero-order chi connectivity index (χ0) is 15.1. The number of esters is 2. The smallest absolute Gasteiger partial charge is 0.311 e. The quantitative estimate of drug-likeness (QED) is 0.724. The van der Waals surface area contributed by atoms with Gasteiger partial charge in [-0.05, 0) is 38.5 Å². The Morgan fingerprint density at radius 1 is 0.800 bits per heavy atom. The molecule has 0 aromatic rings. The van der Waals surface area contributed by atoms with Crippen LogP contribution in [0.2, 0.25) is 0 Å². The molecule has 4 atom stereocenters. The van der Waals surface area contributed by atoms with E-state index in [-0.39, 0.29) is 23.8 Å². The second-order valence-corrected chi connectivity index (χ2v) is 5.26. The zero-order valence-electron chi connectivity index (χ0n) is 12.1. The monoisotopic (exact) mass is 288 g/mol. The maximum Gasteiger partial charge on any atom is 0.311 e. The molecule has 0 spiro atoms. The van der Waals surface area contributed by atoms with Crippen molar-refractivity contribution >= 4 is 11.9 Å². The lowest BCUT2D eigenvalue weighted by Crippen LogP contribution is -2.23. The van der Waals surface area contributed by atoms with Gasteiger partial charge in [-0.2, -0.15) is 0 Å². The highest BCUT2D eigenvalue weighted by atomic mass is 16.5. The fourth-order valence-electron chi connectivity index (χ4n) is 2.73. The molecule has 2 N–H and O–H groups in total. The van der Waals surface area contributed by atoms with Crippen LogP contribution in [0, 0.1) is 11.8 Å². The van der Waals surface area contributed by atoms with E-state index in [1.165, 1.54) is 14.2 Å². The summed E-state index contributed by atoms with van der Waals surface area (Å²) < 4.78 is 9.01. The summed E-state index contributed by atoms with van der Waals surface area (Å²) in [5, 5.41) is 18.4. The largest absolute Gasteiger partial charge is 0.469 e. The molecule has 116 valence electrons. The van der Waals surface area contributed by atoms with Crippen LogP contribution in [0.15, 0.2) is 0 Å². The first-order valence-electron chi connectivity index (χ1n) is 7.03. The molecule has 0 saturated heterocycles. The van der Waals surface area contributed by atoms with Gasteiger partial charge in [-0.1, -0.05) is 0 Å². The van der Waals surface area contributed by atoms with Gasteiger partial charge in [0, 0.05) is 0 Å². The molecule has 6 nitrogen and oxygen atoms in total. The molecule has 0 aromatic carbocycles. The van der Waals surface area contributed by atoms with Crippen molar-refractivity contribution in [3.63, 3.8) is 0 Å². The van der Waals surface area contributed by atoms with Crippen LogP contribution >= 0.6 is 0 Å². The molecule has 2 aliphatic rings. The molecule has 2 aliphatic carbocycles. The summed E-state index contributed by atoms with van der Waals surface area (Å²) in [5.74, 6) is -1.06. The van der Waals surface area contributed by atoms with E-state index in [1.807, 2.05) is 0 Å². The van der Waals surface area contributed by atoms with E-state index in [0.29, 0.717) is 0 Å². The van der Waals surface area contributed by atoms with Crippen LogP contribution in [0.3, 0.4) is 0 Å². The van der Waals surface area contributed by atoms with Crippen molar-refractivity contribution in [3.8, 4) is 0 Å². The van der Waals surface area contributed by atoms with Crippen molar-refractivity contribution in [1.82, 2.24) is 0 Å². The summed E-state index contributed by atoms with van der Waals surface area (Å²) in [6.45, 7) is 0. The van der Waals surface area contributed by atoms with Crippen LogP contribution in [0.5, 0.6) is 0 Å². The van der Waals surface area contributed by atoms with Crippen molar-refractivity contribution < 1.29 is 29.3 Å². The number of aliphatic hydroxyl groups excluding tert-OH is 2. The number of carbonyl (C=O) groups excluding carboxylic acids is 2. The van der Waals surface area contributed by atoms with Crippen LogP contribution in [0.1, 0.15) is 38.5 Å². The van der Waals surface area contributed by atoms with Crippen molar-refractivity contribution in [1.29, 1.82) is 0 Å². The number of hydrogen-bond acceptors (Lipinski definition) is 6. The minimum atomic E-state index is -0.465. The van der Waals surface area contributed by atoms with E-state index in [9.17, 15) is 19.8 Å². The molecular formula is C14H24O6. The van der Waals surface area contributed by atoms with E-state index in [0.717, 1.165) is 38.5 Å². The number of methoxy groups -OCH3 is 2. The van der Waals surface area contributed by atoms with E-state index >= 15 is 0 Å². The molecule has 6 heteroatoms. The number of ether oxygens (including phenoxy) is 2. The standard InChI is InChI=1S/2C7H12O3/c2*1-10-7(9)5-3-2-4-6(5)8/h2*5-6,8H,2-4H2,1H3/t2*5-,6-/m10/s1. The zero-order valence-corrected chi connectivity index (χ0v) is 12.1. The summed E-state index contributed by atoms with van der Waals surface area (Å²) in [4.78, 5) is 21.7. The second-order valence-electron chi connectivity index (χ2n) is 5.26. The third-order valence-corrected chi connectivity index (χ3v) is 3.97. The molecule has 2 fully saturated rings. The number of carbonyl (C=O) groups is 2. The Bertz CT molecular complexity index is 298. The molecule has 0 radical (unpaired) electrons. The normalized spacial score (nSPS) is 32.2. The van der Waals surface area contributed by atoms with Gasteiger partial charge in [0.2, 0.25) is 0 Å². The van der Waals surface area contributed by atoms with Crippen LogP contribution in [-0.2, 0) is 19.1 Å². The molecular weight excluding hydrogens is 264 g/mol. The van der Waals surface area contributed by atoms with Crippen molar-refractivity contribution in [3.05, 3.63) is 0 Å². The van der Waals surface area contributed by atoms with Gasteiger partial charge in [-0.15, -0.1) is 0 Å².